The zero-order valence-corrected chi connectivity index (χ0v) is 20.6. The highest BCUT2D eigenvalue weighted by atomic mass is 32.1. The van der Waals surface area contributed by atoms with E-state index in [1.165, 1.54) is 11.5 Å². The average molecular weight is 497 g/mol. The van der Waals surface area contributed by atoms with E-state index >= 15 is 0 Å². The molecule has 0 saturated carbocycles. The van der Waals surface area contributed by atoms with E-state index in [0.717, 1.165) is 16.9 Å². The number of methoxy groups -OCH3 is 1. The molecule has 0 N–H and O–H groups in total. The van der Waals surface area contributed by atoms with Crippen LogP contribution >= 0.6 is 11.5 Å². The standard InChI is InChI=1S/C25H28N4O5S/c1-3-33-25(31)29-13-11-28(12-14-29)23(30)17-18-7-9-20(10-8-18)34-24-26-22(27-35-24)16-19-5-4-6-21(15-19)32-2/h4-10,15H,3,11-14,16-17H2,1-2H3. The van der Waals surface area contributed by atoms with Gasteiger partial charge in [-0.15, -0.1) is 0 Å². The fourth-order valence-electron chi connectivity index (χ4n) is 3.73. The van der Waals surface area contributed by atoms with Crippen LogP contribution in [0.3, 0.4) is 0 Å². The first-order valence-electron chi connectivity index (χ1n) is 11.5. The summed E-state index contributed by atoms with van der Waals surface area (Å²) < 4.78 is 20.5. The maximum atomic E-state index is 12.7. The van der Waals surface area contributed by atoms with Gasteiger partial charge in [-0.25, -0.2) is 4.79 Å². The minimum absolute atomic E-state index is 0.0356. The lowest BCUT2D eigenvalue weighted by Gasteiger charge is -2.34. The molecular weight excluding hydrogens is 468 g/mol. The predicted octanol–water partition coefficient (Wildman–Crippen LogP) is 3.77. The van der Waals surface area contributed by atoms with Crippen molar-refractivity contribution in [2.24, 2.45) is 0 Å². The normalized spacial score (nSPS) is 13.4. The van der Waals surface area contributed by atoms with Gasteiger partial charge in [0.15, 0.2) is 5.82 Å². The van der Waals surface area contributed by atoms with Gasteiger partial charge in [0.25, 0.3) is 5.19 Å². The molecule has 0 unspecified atom stereocenters. The van der Waals surface area contributed by atoms with E-state index < -0.39 is 0 Å². The van der Waals surface area contributed by atoms with Crippen LogP contribution in [-0.4, -0.2) is 71.1 Å². The Morgan fingerprint density at radius 1 is 0.971 bits per heavy atom. The van der Waals surface area contributed by atoms with Gasteiger partial charge in [-0.1, -0.05) is 24.3 Å². The zero-order chi connectivity index (χ0) is 24.6. The predicted molar refractivity (Wildman–Crippen MR) is 131 cm³/mol. The summed E-state index contributed by atoms with van der Waals surface area (Å²) in [6.07, 6.45) is 0.563. The summed E-state index contributed by atoms with van der Waals surface area (Å²) >= 11 is 1.20. The molecule has 35 heavy (non-hydrogen) atoms. The molecule has 2 amide bonds. The summed E-state index contributed by atoms with van der Waals surface area (Å²) in [6.45, 7) is 4.12. The van der Waals surface area contributed by atoms with Crippen molar-refractivity contribution in [1.82, 2.24) is 19.2 Å². The molecule has 10 heteroatoms. The summed E-state index contributed by atoms with van der Waals surface area (Å²) in [5, 5.41) is 0.464. The van der Waals surface area contributed by atoms with E-state index in [9.17, 15) is 9.59 Å². The lowest BCUT2D eigenvalue weighted by molar-refractivity contribution is -0.132. The molecule has 9 nitrogen and oxygen atoms in total. The van der Waals surface area contributed by atoms with E-state index in [4.69, 9.17) is 14.2 Å². The van der Waals surface area contributed by atoms with Gasteiger partial charge in [0.2, 0.25) is 5.91 Å². The van der Waals surface area contributed by atoms with Gasteiger partial charge in [-0.05, 0) is 42.3 Å². The molecule has 0 radical (unpaired) electrons. The SMILES string of the molecule is CCOC(=O)N1CCN(C(=O)Cc2ccc(Oc3nc(Cc4cccc(OC)c4)ns3)cc2)CC1. The van der Waals surface area contributed by atoms with Crippen molar-refractivity contribution < 1.29 is 23.8 Å². The molecule has 4 rings (SSSR count). The molecular formula is C25H28N4O5S. The Morgan fingerprint density at radius 2 is 1.71 bits per heavy atom. The number of aromatic nitrogens is 2. The largest absolute Gasteiger partial charge is 0.497 e. The van der Waals surface area contributed by atoms with Gasteiger partial charge in [0.05, 0.1) is 20.1 Å². The number of hydrogen-bond donors (Lipinski definition) is 0. The maximum Gasteiger partial charge on any atom is 0.409 e. The van der Waals surface area contributed by atoms with Crippen LogP contribution in [0.2, 0.25) is 0 Å². The third-order valence-corrected chi connectivity index (χ3v) is 6.22. The van der Waals surface area contributed by atoms with Gasteiger partial charge < -0.3 is 24.0 Å². The van der Waals surface area contributed by atoms with Crippen molar-refractivity contribution in [3.8, 4) is 16.7 Å². The number of nitrogens with zero attached hydrogens (tertiary/aromatic N) is 4. The number of hydrogen-bond acceptors (Lipinski definition) is 8. The van der Waals surface area contributed by atoms with Gasteiger partial charge in [-0.2, -0.15) is 9.36 Å². The highest BCUT2D eigenvalue weighted by Crippen LogP contribution is 2.25. The Labute approximate surface area is 208 Å². The van der Waals surface area contributed by atoms with Gasteiger partial charge in [0.1, 0.15) is 11.5 Å². The lowest BCUT2D eigenvalue weighted by Crippen LogP contribution is -2.51. The number of amides is 2. The minimum Gasteiger partial charge on any atom is -0.497 e. The topological polar surface area (TPSA) is 94.1 Å². The molecule has 1 saturated heterocycles. The summed E-state index contributed by atoms with van der Waals surface area (Å²) in [4.78, 5) is 32.4. The second kappa shape index (κ2) is 11.7. The van der Waals surface area contributed by atoms with Gasteiger partial charge >= 0.3 is 6.09 Å². The van der Waals surface area contributed by atoms with E-state index in [1.807, 2.05) is 48.5 Å². The number of carbonyl (C=O) groups excluding carboxylic acids is 2. The van der Waals surface area contributed by atoms with Crippen LogP contribution in [0.15, 0.2) is 48.5 Å². The van der Waals surface area contributed by atoms with Crippen LogP contribution in [0.5, 0.6) is 16.7 Å². The third-order valence-electron chi connectivity index (χ3n) is 5.59. The first-order chi connectivity index (χ1) is 17.0. The molecule has 2 aromatic carbocycles. The van der Waals surface area contributed by atoms with E-state index in [0.29, 0.717) is 62.4 Å². The summed E-state index contributed by atoms with van der Waals surface area (Å²) in [6, 6.07) is 15.2. The van der Waals surface area contributed by atoms with Crippen LogP contribution in [0.1, 0.15) is 23.9 Å². The van der Waals surface area contributed by atoms with Crippen molar-refractivity contribution in [3.63, 3.8) is 0 Å². The molecule has 0 bridgehead atoms. The van der Waals surface area contributed by atoms with Crippen LogP contribution in [0.4, 0.5) is 4.79 Å². The fourth-order valence-corrected chi connectivity index (χ4v) is 4.30. The molecule has 0 atom stereocenters. The van der Waals surface area contributed by atoms with Crippen molar-refractivity contribution in [2.75, 3.05) is 39.9 Å². The lowest BCUT2D eigenvalue weighted by atomic mass is 10.1. The number of rotatable bonds is 8. The Morgan fingerprint density at radius 3 is 2.43 bits per heavy atom. The highest BCUT2D eigenvalue weighted by molar-refractivity contribution is 7.07. The number of benzene rings is 2. The Balaban J connectivity index is 1.26. The van der Waals surface area contributed by atoms with Crippen LogP contribution in [-0.2, 0) is 22.4 Å². The zero-order valence-electron chi connectivity index (χ0n) is 19.8. The quantitative estimate of drug-likeness (QED) is 0.469. The number of carbonyl (C=O) groups is 2. The fraction of sp³-hybridized carbons (Fsp3) is 0.360. The Hall–Kier alpha value is -3.66. The van der Waals surface area contributed by atoms with Crippen molar-refractivity contribution in [1.29, 1.82) is 0 Å². The molecule has 184 valence electrons. The monoisotopic (exact) mass is 496 g/mol. The first-order valence-corrected chi connectivity index (χ1v) is 12.2. The second-order valence-electron chi connectivity index (χ2n) is 7.99. The summed E-state index contributed by atoms with van der Waals surface area (Å²) in [7, 11) is 1.64. The molecule has 0 aliphatic carbocycles. The molecule has 3 aromatic rings. The number of piperazine rings is 1. The van der Waals surface area contributed by atoms with Crippen molar-refractivity contribution >= 4 is 23.5 Å². The van der Waals surface area contributed by atoms with Crippen LogP contribution in [0.25, 0.3) is 0 Å². The third kappa shape index (κ3) is 6.69. The highest BCUT2D eigenvalue weighted by Gasteiger charge is 2.24. The van der Waals surface area contributed by atoms with Crippen molar-refractivity contribution in [2.45, 2.75) is 19.8 Å². The Bertz CT molecular complexity index is 1140. The summed E-state index contributed by atoms with van der Waals surface area (Å²) in [5.74, 6) is 2.15. The average Bonchev–Trinajstić information content (AvgIpc) is 3.32. The Kier molecular flexibility index (Phi) is 8.15. The van der Waals surface area contributed by atoms with Gasteiger partial charge in [0, 0.05) is 44.1 Å². The van der Waals surface area contributed by atoms with E-state index in [1.54, 1.807) is 23.8 Å². The second-order valence-corrected chi connectivity index (χ2v) is 8.71. The molecule has 1 aromatic heterocycles. The smallest absolute Gasteiger partial charge is 0.409 e. The van der Waals surface area contributed by atoms with Crippen LogP contribution < -0.4 is 9.47 Å². The molecule has 0 spiro atoms. The van der Waals surface area contributed by atoms with E-state index in [2.05, 4.69) is 9.36 Å². The molecule has 1 aliphatic heterocycles. The minimum atomic E-state index is -0.321. The molecule has 1 aliphatic rings. The summed E-state index contributed by atoms with van der Waals surface area (Å²) in [5.41, 5.74) is 1.95. The molecule has 2 heterocycles. The first kappa shape index (κ1) is 24.5. The van der Waals surface area contributed by atoms with Crippen LogP contribution in [0, 0.1) is 0 Å². The van der Waals surface area contributed by atoms with Crippen molar-refractivity contribution in [3.05, 3.63) is 65.5 Å². The van der Waals surface area contributed by atoms with Gasteiger partial charge in [-0.3, -0.25) is 4.79 Å². The molecule has 1 fully saturated rings. The van der Waals surface area contributed by atoms with E-state index in [-0.39, 0.29) is 12.0 Å². The number of ether oxygens (including phenoxy) is 3. The maximum absolute atomic E-state index is 12.7.